The standard InChI is InChI=1S/C7H10N2O3S/c8-6-2-1-5(7(9)3-6)4-13(10,11)12/h1-3H,4,8-9H2,(H,10,11,12). The Morgan fingerprint density at radius 2 is 1.92 bits per heavy atom. The summed E-state index contributed by atoms with van der Waals surface area (Å²) in [4.78, 5) is 0. The van der Waals surface area contributed by atoms with Crippen LogP contribution in [0.2, 0.25) is 0 Å². The number of anilines is 2. The molecule has 0 aliphatic rings. The van der Waals surface area contributed by atoms with E-state index in [0.717, 1.165) is 0 Å². The highest BCUT2D eigenvalue weighted by atomic mass is 32.2. The Morgan fingerprint density at radius 3 is 2.38 bits per heavy atom. The lowest BCUT2D eigenvalue weighted by atomic mass is 10.2. The van der Waals surface area contributed by atoms with E-state index in [4.69, 9.17) is 16.0 Å². The van der Waals surface area contributed by atoms with Crippen LogP contribution in [0, 0.1) is 0 Å². The molecule has 0 atom stereocenters. The van der Waals surface area contributed by atoms with E-state index in [9.17, 15) is 8.42 Å². The van der Waals surface area contributed by atoms with E-state index < -0.39 is 15.9 Å². The van der Waals surface area contributed by atoms with E-state index in [1.54, 1.807) is 0 Å². The second kappa shape index (κ2) is 3.23. The summed E-state index contributed by atoms with van der Waals surface area (Å²) in [5, 5.41) is 0. The number of benzene rings is 1. The summed E-state index contributed by atoms with van der Waals surface area (Å²) in [5.41, 5.74) is 11.9. The van der Waals surface area contributed by atoms with Crippen LogP contribution in [0.15, 0.2) is 18.2 Å². The molecule has 0 amide bonds. The average Bonchev–Trinajstić information content (AvgIpc) is 1.93. The first-order valence-corrected chi connectivity index (χ1v) is 5.08. The Balaban J connectivity index is 3.04. The first kappa shape index (κ1) is 9.82. The van der Waals surface area contributed by atoms with Crippen LogP contribution in [-0.2, 0) is 15.9 Å². The molecule has 0 aromatic heterocycles. The van der Waals surface area contributed by atoms with Gasteiger partial charge in [-0.25, -0.2) is 0 Å². The molecule has 0 unspecified atom stereocenters. The third kappa shape index (κ3) is 2.92. The van der Waals surface area contributed by atoms with Gasteiger partial charge in [0.05, 0.1) is 0 Å². The van der Waals surface area contributed by atoms with Gasteiger partial charge in [0.15, 0.2) is 0 Å². The fourth-order valence-electron chi connectivity index (χ4n) is 0.941. The molecular weight excluding hydrogens is 192 g/mol. The molecule has 0 heterocycles. The zero-order valence-corrected chi connectivity index (χ0v) is 7.58. The summed E-state index contributed by atoms with van der Waals surface area (Å²) in [7, 11) is -4.03. The van der Waals surface area contributed by atoms with E-state index in [0.29, 0.717) is 11.3 Å². The number of hydrogen-bond donors (Lipinski definition) is 3. The monoisotopic (exact) mass is 202 g/mol. The average molecular weight is 202 g/mol. The van der Waals surface area contributed by atoms with E-state index in [-0.39, 0.29) is 5.69 Å². The van der Waals surface area contributed by atoms with Crippen molar-refractivity contribution in [2.45, 2.75) is 5.75 Å². The third-order valence-electron chi connectivity index (χ3n) is 1.51. The fraction of sp³-hybridized carbons (Fsp3) is 0.143. The van der Waals surface area contributed by atoms with Gasteiger partial charge in [-0.1, -0.05) is 6.07 Å². The molecule has 72 valence electrons. The summed E-state index contributed by atoms with van der Waals surface area (Å²) in [6.45, 7) is 0. The highest BCUT2D eigenvalue weighted by Crippen LogP contribution is 2.17. The van der Waals surface area contributed by atoms with Crippen LogP contribution in [0.3, 0.4) is 0 Å². The third-order valence-corrected chi connectivity index (χ3v) is 2.18. The molecular formula is C7H10N2O3S. The van der Waals surface area contributed by atoms with Crippen LogP contribution in [-0.4, -0.2) is 13.0 Å². The molecule has 1 aromatic rings. The molecule has 6 heteroatoms. The quantitative estimate of drug-likeness (QED) is 0.470. The van der Waals surface area contributed by atoms with Crippen molar-refractivity contribution in [3.63, 3.8) is 0 Å². The van der Waals surface area contributed by atoms with Crippen molar-refractivity contribution in [2.75, 3.05) is 11.5 Å². The molecule has 0 radical (unpaired) electrons. The number of nitrogen functional groups attached to an aromatic ring is 2. The van der Waals surface area contributed by atoms with Crippen LogP contribution in [0.4, 0.5) is 11.4 Å². The van der Waals surface area contributed by atoms with Gasteiger partial charge in [0.25, 0.3) is 10.1 Å². The number of rotatable bonds is 2. The van der Waals surface area contributed by atoms with Gasteiger partial charge in [-0.05, 0) is 17.7 Å². The number of hydrogen-bond acceptors (Lipinski definition) is 4. The van der Waals surface area contributed by atoms with Crippen LogP contribution in [0.1, 0.15) is 5.56 Å². The van der Waals surface area contributed by atoms with E-state index in [1.165, 1.54) is 18.2 Å². The maximum Gasteiger partial charge on any atom is 0.269 e. The SMILES string of the molecule is Nc1ccc(CS(=O)(=O)O)c(N)c1. The summed E-state index contributed by atoms with van der Waals surface area (Å²) in [6, 6.07) is 4.44. The second-order valence-corrected chi connectivity index (χ2v) is 4.14. The van der Waals surface area contributed by atoms with Crippen molar-refractivity contribution in [1.82, 2.24) is 0 Å². The van der Waals surface area contributed by atoms with Crippen LogP contribution in [0.25, 0.3) is 0 Å². The van der Waals surface area contributed by atoms with Gasteiger partial charge in [0.2, 0.25) is 0 Å². The van der Waals surface area contributed by atoms with Gasteiger partial charge in [-0.15, -0.1) is 0 Å². The smallest absolute Gasteiger partial charge is 0.269 e. The van der Waals surface area contributed by atoms with Gasteiger partial charge in [0.1, 0.15) is 5.75 Å². The van der Waals surface area contributed by atoms with Gasteiger partial charge < -0.3 is 11.5 Å². The normalized spacial score (nSPS) is 11.5. The summed E-state index contributed by atoms with van der Waals surface area (Å²) < 4.78 is 29.6. The highest BCUT2D eigenvalue weighted by Gasteiger charge is 2.09. The molecule has 0 fully saturated rings. The lowest BCUT2D eigenvalue weighted by Crippen LogP contribution is -2.04. The van der Waals surface area contributed by atoms with E-state index in [1.807, 2.05) is 0 Å². The van der Waals surface area contributed by atoms with Gasteiger partial charge >= 0.3 is 0 Å². The lowest BCUT2D eigenvalue weighted by Gasteiger charge is -2.03. The Bertz CT molecular complexity index is 414. The van der Waals surface area contributed by atoms with E-state index >= 15 is 0 Å². The van der Waals surface area contributed by atoms with Crippen molar-refractivity contribution >= 4 is 21.5 Å². The molecule has 5 nitrogen and oxygen atoms in total. The summed E-state index contributed by atoms with van der Waals surface area (Å²) in [5.74, 6) is -0.487. The Kier molecular flexibility index (Phi) is 2.44. The van der Waals surface area contributed by atoms with Gasteiger partial charge in [0, 0.05) is 11.4 Å². The first-order chi connectivity index (χ1) is 5.88. The summed E-state index contributed by atoms with van der Waals surface area (Å²) in [6.07, 6.45) is 0. The zero-order valence-electron chi connectivity index (χ0n) is 6.77. The van der Waals surface area contributed by atoms with Crippen LogP contribution >= 0.6 is 0 Å². The largest absolute Gasteiger partial charge is 0.399 e. The molecule has 1 aromatic carbocycles. The molecule has 0 spiro atoms. The Morgan fingerprint density at radius 1 is 1.31 bits per heavy atom. The minimum atomic E-state index is -4.03. The Labute approximate surface area is 76.1 Å². The molecule has 0 saturated carbocycles. The Hall–Kier alpha value is -1.27. The molecule has 0 bridgehead atoms. The molecule has 1 rings (SSSR count). The topological polar surface area (TPSA) is 106 Å². The predicted octanol–water partition coefficient (Wildman–Crippen LogP) is 0.239. The first-order valence-electron chi connectivity index (χ1n) is 3.47. The van der Waals surface area contributed by atoms with Crippen molar-refractivity contribution in [3.05, 3.63) is 23.8 Å². The predicted molar refractivity (Wildman–Crippen MR) is 50.5 cm³/mol. The van der Waals surface area contributed by atoms with Crippen molar-refractivity contribution < 1.29 is 13.0 Å². The van der Waals surface area contributed by atoms with Crippen molar-refractivity contribution in [3.8, 4) is 0 Å². The molecule has 0 aliphatic heterocycles. The minimum Gasteiger partial charge on any atom is -0.399 e. The molecule has 5 N–H and O–H groups in total. The second-order valence-electron chi connectivity index (χ2n) is 2.68. The highest BCUT2D eigenvalue weighted by molar-refractivity contribution is 7.85. The van der Waals surface area contributed by atoms with Crippen LogP contribution in [0.5, 0.6) is 0 Å². The zero-order chi connectivity index (χ0) is 10.1. The maximum absolute atomic E-state index is 10.5. The molecule has 0 saturated heterocycles. The van der Waals surface area contributed by atoms with Crippen LogP contribution < -0.4 is 11.5 Å². The van der Waals surface area contributed by atoms with Gasteiger partial charge in [-0.2, -0.15) is 8.42 Å². The number of nitrogens with two attached hydrogens (primary N) is 2. The van der Waals surface area contributed by atoms with Crippen molar-refractivity contribution in [1.29, 1.82) is 0 Å². The summed E-state index contributed by atoms with van der Waals surface area (Å²) >= 11 is 0. The van der Waals surface area contributed by atoms with E-state index in [2.05, 4.69) is 0 Å². The molecule has 13 heavy (non-hydrogen) atoms. The fourth-order valence-corrected chi connectivity index (χ4v) is 1.60. The maximum atomic E-state index is 10.5. The van der Waals surface area contributed by atoms with Gasteiger partial charge in [-0.3, -0.25) is 4.55 Å². The molecule has 0 aliphatic carbocycles. The van der Waals surface area contributed by atoms with Crippen molar-refractivity contribution in [2.24, 2.45) is 0 Å². The lowest BCUT2D eigenvalue weighted by molar-refractivity contribution is 0.482. The minimum absolute atomic E-state index is 0.262.